The number of carbonyl (C=O) groups excluding carboxylic acids is 3. The number of halogens is 2. The summed E-state index contributed by atoms with van der Waals surface area (Å²) in [5.41, 5.74) is 2.54. The third-order valence-corrected chi connectivity index (χ3v) is 4.29. The van der Waals surface area contributed by atoms with Gasteiger partial charge < -0.3 is 24.8 Å². The largest absolute Gasteiger partial charge is 0.490 e. The second kappa shape index (κ2) is 13.8. The predicted molar refractivity (Wildman–Crippen MR) is 124 cm³/mol. The number of benzene rings is 2. The number of anilines is 1. The molecule has 0 aliphatic rings. The molecule has 3 amide bonds. The first-order chi connectivity index (χ1) is 16.3. The molecule has 0 aromatic heterocycles. The molecular formula is C22H24ClFN4O6. The highest BCUT2D eigenvalue weighted by molar-refractivity contribution is 6.35. The minimum Gasteiger partial charge on any atom is -0.490 e. The van der Waals surface area contributed by atoms with Gasteiger partial charge in [-0.2, -0.15) is 5.10 Å². The molecule has 34 heavy (non-hydrogen) atoms. The van der Waals surface area contributed by atoms with Gasteiger partial charge >= 0.3 is 11.8 Å². The molecule has 0 heterocycles. The summed E-state index contributed by atoms with van der Waals surface area (Å²) < 4.78 is 29.5. The number of hydrogen-bond donors (Lipinski definition) is 3. The maximum absolute atomic E-state index is 13.7. The van der Waals surface area contributed by atoms with Crippen LogP contribution >= 0.6 is 11.6 Å². The number of methoxy groups -OCH3 is 1. The number of amides is 3. The Morgan fingerprint density at radius 3 is 2.62 bits per heavy atom. The summed E-state index contributed by atoms with van der Waals surface area (Å²) >= 11 is 6.28. The van der Waals surface area contributed by atoms with Gasteiger partial charge in [0.2, 0.25) is 0 Å². The molecule has 0 atom stereocenters. The highest BCUT2D eigenvalue weighted by Crippen LogP contribution is 2.36. The van der Waals surface area contributed by atoms with Crippen molar-refractivity contribution in [2.75, 3.05) is 38.8 Å². The maximum atomic E-state index is 13.7. The fourth-order valence-electron chi connectivity index (χ4n) is 2.52. The number of hydrogen-bond acceptors (Lipinski definition) is 7. The zero-order chi connectivity index (χ0) is 24.9. The van der Waals surface area contributed by atoms with Crippen molar-refractivity contribution < 1.29 is 33.0 Å². The van der Waals surface area contributed by atoms with E-state index in [1.54, 1.807) is 13.0 Å². The molecule has 0 saturated carbocycles. The summed E-state index contributed by atoms with van der Waals surface area (Å²) in [4.78, 5) is 35.4. The number of rotatable bonds is 11. The zero-order valence-electron chi connectivity index (χ0n) is 18.5. The van der Waals surface area contributed by atoms with Gasteiger partial charge in [-0.3, -0.25) is 14.4 Å². The first-order valence-corrected chi connectivity index (χ1v) is 10.5. The Morgan fingerprint density at radius 2 is 1.91 bits per heavy atom. The van der Waals surface area contributed by atoms with E-state index in [9.17, 15) is 18.8 Å². The van der Waals surface area contributed by atoms with Gasteiger partial charge in [-0.05, 0) is 36.8 Å². The molecule has 2 rings (SSSR count). The fourth-order valence-corrected chi connectivity index (χ4v) is 2.79. The Labute approximate surface area is 200 Å². The van der Waals surface area contributed by atoms with Crippen LogP contribution in [-0.2, 0) is 19.1 Å². The van der Waals surface area contributed by atoms with E-state index >= 15 is 0 Å². The predicted octanol–water partition coefficient (Wildman–Crippen LogP) is 2.11. The summed E-state index contributed by atoms with van der Waals surface area (Å²) in [6.45, 7) is 2.01. The van der Waals surface area contributed by atoms with Crippen LogP contribution < -0.4 is 25.5 Å². The SMILES string of the molecule is CCOc1cc(/C=N\NC(=O)C(=O)NCCOC)cc(Cl)c1OCC(=O)Nc1ccccc1F. The average molecular weight is 495 g/mol. The molecule has 0 aliphatic carbocycles. The van der Waals surface area contributed by atoms with Gasteiger partial charge in [0.1, 0.15) is 5.82 Å². The Balaban J connectivity index is 2.02. The smallest absolute Gasteiger partial charge is 0.329 e. The van der Waals surface area contributed by atoms with E-state index in [1.165, 1.54) is 43.7 Å². The summed E-state index contributed by atoms with van der Waals surface area (Å²) in [5.74, 6) is -2.67. The van der Waals surface area contributed by atoms with Crippen LogP contribution in [0.25, 0.3) is 0 Å². The molecule has 3 N–H and O–H groups in total. The lowest BCUT2D eigenvalue weighted by Crippen LogP contribution is -2.39. The minimum absolute atomic E-state index is 0.0215. The molecule has 12 heteroatoms. The van der Waals surface area contributed by atoms with Crippen LogP contribution in [0.1, 0.15) is 12.5 Å². The fraction of sp³-hybridized carbons (Fsp3) is 0.273. The van der Waals surface area contributed by atoms with E-state index in [1.807, 2.05) is 0 Å². The van der Waals surface area contributed by atoms with Crippen LogP contribution in [0.3, 0.4) is 0 Å². The van der Waals surface area contributed by atoms with Crippen molar-refractivity contribution in [1.29, 1.82) is 0 Å². The van der Waals surface area contributed by atoms with Gasteiger partial charge in [-0.15, -0.1) is 0 Å². The first-order valence-electron chi connectivity index (χ1n) is 10.1. The van der Waals surface area contributed by atoms with Crippen molar-refractivity contribution in [3.05, 3.63) is 52.8 Å². The molecule has 0 spiro atoms. The van der Waals surface area contributed by atoms with E-state index in [0.717, 1.165) is 0 Å². The minimum atomic E-state index is -0.954. The first kappa shape index (κ1) is 26.6. The molecular weight excluding hydrogens is 471 g/mol. The highest BCUT2D eigenvalue weighted by atomic mass is 35.5. The summed E-state index contributed by atoms with van der Waals surface area (Å²) in [6, 6.07) is 8.71. The topological polar surface area (TPSA) is 127 Å². The van der Waals surface area contributed by atoms with Crippen molar-refractivity contribution in [2.24, 2.45) is 5.10 Å². The summed E-state index contributed by atoms with van der Waals surface area (Å²) in [7, 11) is 1.47. The third kappa shape index (κ3) is 8.34. The molecule has 10 nitrogen and oxygen atoms in total. The molecule has 0 radical (unpaired) electrons. The number of hydrazone groups is 1. The summed E-state index contributed by atoms with van der Waals surface area (Å²) in [6.07, 6.45) is 1.25. The number of ether oxygens (including phenoxy) is 3. The maximum Gasteiger partial charge on any atom is 0.329 e. The molecule has 2 aromatic carbocycles. The van der Waals surface area contributed by atoms with Crippen LogP contribution in [0.4, 0.5) is 10.1 Å². The van der Waals surface area contributed by atoms with Crippen molar-refractivity contribution in [3.63, 3.8) is 0 Å². The van der Waals surface area contributed by atoms with Crippen molar-refractivity contribution in [1.82, 2.24) is 10.7 Å². The molecule has 0 saturated heterocycles. The second-order valence-electron chi connectivity index (χ2n) is 6.53. The van der Waals surface area contributed by atoms with Gasteiger partial charge in [-0.1, -0.05) is 23.7 Å². The summed E-state index contributed by atoms with van der Waals surface area (Å²) in [5, 5.41) is 8.58. The lowest BCUT2D eigenvalue weighted by atomic mass is 10.2. The molecule has 0 bridgehead atoms. The Kier molecular flexibility index (Phi) is 10.7. The normalized spacial score (nSPS) is 10.6. The van der Waals surface area contributed by atoms with Crippen molar-refractivity contribution in [2.45, 2.75) is 6.92 Å². The number of para-hydroxylation sites is 1. The number of nitrogens with zero attached hydrogens (tertiary/aromatic N) is 1. The van der Waals surface area contributed by atoms with Gasteiger partial charge in [0.05, 0.1) is 30.1 Å². The van der Waals surface area contributed by atoms with Gasteiger partial charge in [-0.25, -0.2) is 9.82 Å². The lowest BCUT2D eigenvalue weighted by Gasteiger charge is -2.14. The molecule has 0 unspecified atom stereocenters. The van der Waals surface area contributed by atoms with Crippen LogP contribution in [0.15, 0.2) is 41.5 Å². The van der Waals surface area contributed by atoms with Gasteiger partial charge in [0.25, 0.3) is 5.91 Å². The van der Waals surface area contributed by atoms with Gasteiger partial charge in [0.15, 0.2) is 18.1 Å². The van der Waals surface area contributed by atoms with Crippen LogP contribution in [0.2, 0.25) is 5.02 Å². The monoisotopic (exact) mass is 494 g/mol. The van der Waals surface area contributed by atoms with E-state index in [4.69, 9.17) is 25.8 Å². The number of nitrogens with one attached hydrogen (secondary N) is 3. The molecule has 182 valence electrons. The van der Waals surface area contributed by atoms with Crippen LogP contribution in [0, 0.1) is 5.82 Å². The molecule has 2 aromatic rings. The average Bonchev–Trinajstić information content (AvgIpc) is 2.80. The van der Waals surface area contributed by atoms with Crippen molar-refractivity contribution >= 4 is 41.2 Å². The van der Waals surface area contributed by atoms with Crippen molar-refractivity contribution in [3.8, 4) is 11.5 Å². The standard InChI is InChI=1S/C22H24ClFN4O6/c1-3-33-18-11-14(12-26-28-22(31)21(30)25-8-9-32-2)10-15(23)20(18)34-13-19(29)27-17-7-5-4-6-16(17)24/h4-7,10-12H,3,8-9,13H2,1-2H3,(H,25,30)(H,27,29)(H,28,31)/b26-12-. The Bertz CT molecular complexity index is 1050. The molecule has 0 aliphatic heterocycles. The Hall–Kier alpha value is -3.70. The zero-order valence-corrected chi connectivity index (χ0v) is 19.3. The van der Waals surface area contributed by atoms with E-state index in [-0.39, 0.29) is 42.0 Å². The van der Waals surface area contributed by atoms with Crippen LogP contribution in [0.5, 0.6) is 11.5 Å². The second-order valence-corrected chi connectivity index (χ2v) is 6.93. The molecule has 0 fully saturated rings. The number of carbonyl (C=O) groups is 3. The van der Waals surface area contributed by atoms with E-state index in [0.29, 0.717) is 5.56 Å². The van der Waals surface area contributed by atoms with Crippen LogP contribution in [-0.4, -0.2) is 57.4 Å². The lowest BCUT2D eigenvalue weighted by molar-refractivity contribution is -0.139. The Morgan fingerprint density at radius 1 is 1.15 bits per heavy atom. The van der Waals surface area contributed by atoms with Gasteiger partial charge in [0, 0.05) is 13.7 Å². The quantitative estimate of drug-likeness (QED) is 0.190. The van der Waals surface area contributed by atoms with E-state index in [2.05, 4.69) is 21.2 Å². The third-order valence-electron chi connectivity index (χ3n) is 4.00. The highest BCUT2D eigenvalue weighted by Gasteiger charge is 2.15. The van der Waals surface area contributed by atoms with E-state index < -0.39 is 30.1 Å².